The van der Waals surface area contributed by atoms with Crippen LogP contribution in [0.1, 0.15) is 48.5 Å². The van der Waals surface area contributed by atoms with Crippen LogP contribution in [0.4, 0.5) is 0 Å². The fourth-order valence-corrected chi connectivity index (χ4v) is 1.43. The van der Waals surface area contributed by atoms with Crippen molar-refractivity contribution < 1.29 is 5.11 Å². The highest BCUT2D eigenvalue weighted by atomic mass is 16.3. The lowest BCUT2D eigenvalue weighted by molar-refractivity contribution is 0.0331. The molecule has 80 valence electrons. The molecule has 0 rings (SSSR count). The van der Waals surface area contributed by atoms with Crippen LogP contribution >= 0.6 is 0 Å². The second kappa shape index (κ2) is 3.97. The second-order valence-corrected chi connectivity index (χ2v) is 5.32. The molecule has 2 heteroatoms. The largest absolute Gasteiger partial charge is 0.379 e. The molecule has 1 atom stereocenters. The molecule has 0 bridgehead atoms. The van der Waals surface area contributed by atoms with Gasteiger partial charge in [0, 0.05) is 5.54 Å². The molecule has 0 fully saturated rings. The lowest BCUT2D eigenvalue weighted by Gasteiger charge is -2.46. The Morgan fingerprint density at radius 1 is 1.00 bits per heavy atom. The average Bonchev–Trinajstić information content (AvgIpc) is 1.83. The Kier molecular flexibility index (Phi) is 3.95. The summed E-state index contributed by atoms with van der Waals surface area (Å²) < 4.78 is 0. The lowest BCUT2D eigenvalue weighted by Crippen LogP contribution is -2.56. The number of aliphatic hydroxyl groups excluding tert-OH is 1. The van der Waals surface area contributed by atoms with E-state index in [-0.39, 0.29) is 11.0 Å². The van der Waals surface area contributed by atoms with Crippen molar-refractivity contribution in [2.24, 2.45) is 11.3 Å². The van der Waals surface area contributed by atoms with E-state index in [1.165, 1.54) is 0 Å². The van der Waals surface area contributed by atoms with Crippen LogP contribution in [-0.2, 0) is 0 Å². The second-order valence-electron chi connectivity index (χ2n) is 5.32. The maximum Gasteiger partial charge on any atom is 0.102 e. The van der Waals surface area contributed by atoms with Crippen molar-refractivity contribution in [3.05, 3.63) is 0 Å². The van der Waals surface area contributed by atoms with Gasteiger partial charge in [0.15, 0.2) is 0 Å². The van der Waals surface area contributed by atoms with Crippen LogP contribution in [0, 0.1) is 11.3 Å². The fraction of sp³-hybridized carbons (Fsp3) is 1.00. The Bertz CT molecular complexity index is 159. The van der Waals surface area contributed by atoms with E-state index in [1.54, 1.807) is 6.92 Å². The van der Waals surface area contributed by atoms with Crippen molar-refractivity contribution in [1.82, 2.24) is 5.32 Å². The number of aliphatic hydroxyl groups is 1. The predicted molar refractivity (Wildman–Crippen MR) is 57.5 cm³/mol. The molecule has 0 saturated carbocycles. The molecule has 0 saturated heterocycles. The third-order valence-electron chi connectivity index (χ3n) is 3.62. The summed E-state index contributed by atoms with van der Waals surface area (Å²) in [6, 6.07) is 0. The van der Waals surface area contributed by atoms with E-state index in [9.17, 15) is 5.11 Å². The van der Waals surface area contributed by atoms with Crippen molar-refractivity contribution >= 4 is 0 Å². The van der Waals surface area contributed by atoms with Gasteiger partial charge in [-0.15, -0.1) is 0 Å². The standard InChI is InChI=1S/C11H25NO/c1-8(2)10(4,5)11(6,7)12-9(3)13/h8-9,12-13H,1-7H3. The van der Waals surface area contributed by atoms with Crippen LogP contribution in [0.25, 0.3) is 0 Å². The van der Waals surface area contributed by atoms with Gasteiger partial charge in [-0.1, -0.05) is 27.7 Å². The first-order chi connectivity index (χ1) is 5.61. The van der Waals surface area contributed by atoms with Gasteiger partial charge in [-0.3, -0.25) is 5.32 Å². The molecular weight excluding hydrogens is 162 g/mol. The molecule has 0 aromatic rings. The maximum absolute atomic E-state index is 9.32. The van der Waals surface area contributed by atoms with E-state index >= 15 is 0 Å². The van der Waals surface area contributed by atoms with Crippen LogP contribution in [0.5, 0.6) is 0 Å². The van der Waals surface area contributed by atoms with Gasteiger partial charge in [-0.05, 0) is 32.1 Å². The normalized spacial score (nSPS) is 16.4. The van der Waals surface area contributed by atoms with Crippen LogP contribution in [0.15, 0.2) is 0 Å². The van der Waals surface area contributed by atoms with Crippen molar-refractivity contribution in [3.63, 3.8) is 0 Å². The SMILES string of the molecule is CC(O)NC(C)(C)C(C)(C)C(C)C. The molecule has 0 aliphatic rings. The van der Waals surface area contributed by atoms with Crippen LogP contribution in [-0.4, -0.2) is 16.9 Å². The molecule has 0 aliphatic carbocycles. The zero-order valence-corrected chi connectivity index (χ0v) is 10.1. The van der Waals surface area contributed by atoms with E-state index in [0.717, 1.165) is 0 Å². The molecule has 2 nitrogen and oxygen atoms in total. The summed E-state index contributed by atoms with van der Waals surface area (Å²) >= 11 is 0. The van der Waals surface area contributed by atoms with Crippen molar-refractivity contribution in [2.45, 2.75) is 60.2 Å². The van der Waals surface area contributed by atoms with Crippen LogP contribution in [0.2, 0.25) is 0 Å². The fourth-order valence-electron chi connectivity index (χ4n) is 1.43. The van der Waals surface area contributed by atoms with Gasteiger partial charge < -0.3 is 5.11 Å². The number of nitrogens with one attached hydrogen (secondary N) is 1. The zero-order valence-electron chi connectivity index (χ0n) is 10.1. The average molecular weight is 187 g/mol. The maximum atomic E-state index is 9.32. The van der Waals surface area contributed by atoms with Gasteiger partial charge in [0.1, 0.15) is 6.23 Å². The minimum Gasteiger partial charge on any atom is -0.379 e. The number of rotatable bonds is 4. The summed E-state index contributed by atoms with van der Waals surface area (Å²) in [6.07, 6.45) is -0.451. The van der Waals surface area contributed by atoms with Crippen molar-refractivity contribution in [1.29, 1.82) is 0 Å². The molecule has 0 aliphatic heterocycles. The molecular formula is C11H25NO. The van der Waals surface area contributed by atoms with Crippen LogP contribution in [0.3, 0.4) is 0 Å². The van der Waals surface area contributed by atoms with E-state index in [2.05, 4.69) is 46.9 Å². The number of hydrogen-bond acceptors (Lipinski definition) is 2. The molecule has 1 unspecified atom stereocenters. The first-order valence-corrected chi connectivity index (χ1v) is 5.07. The molecule has 2 N–H and O–H groups in total. The quantitative estimate of drug-likeness (QED) is 0.662. The Hall–Kier alpha value is -0.0800. The van der Waals surface area contributed by atoms with E-state index in [0.29, 0.717) is 5.92 Å². The molecule has 13 heavy (non-hydrogen) atoms. The summed E-state index contributed by atoms with van der Waals surface area (Å²) in [4.78, 5) is 0. The predicted octanol–water partition coefficient (Wildman–Crippen LogP) is 2.38. The molecule has 0 aromatic heterocycles. The molecule has 0 aromatic carbocycles. The third-order valence-corrected chi connectivity index (χ3v) is 3.62. The van der Waals surface area contributed by atoms with Crippen molar-refractivity contribution in [2.75, 3.05) is 0 Å². The first-order valence-electron chi connectivity index (χ1n) is 5.07. The summed E-state index contributed by atoms with van der Waals surface area (Å²) in [7, 11) is 0. The summed E-state index contributed by atoms with van der Waals surface area (Å²) in [5.74, 6) is 0.578. The minimum absolute atomic E-state index is 0.0602. The summed E-state index contributed by atoms with van der Waals surface area (Å²) in [5, 5.41) is 12.5. The Balaban J connectivity index is 4.60. The molecule has 0 amide bonds. The zero-order chi connectivity index (χ0) is 10.9. The van der Waals surface area contributed by atoms with Gasteiger partial charge in [0.25, 0.3) is 0 Å². The third kappa shape index (κ3) is 2.96. The first kappa shape index (κ1) is 12.9. The molecule has 0 radical (unpaired) electrons. The highest BCUT2D eigenvalue weighted by Gasteiger charge is 2.39. The molecule has 0 spiro atoms. The summed E-state index contributed by atoms with van der Waals surface area (Å²) in [5.41, 5.74) is 0.0966. The van der Waals surface area contributed by atoms with Gasteiger partial charge in [0.05, 0.1) is 0 Å². The van der Waals surface area contributed by atoms with Crippen LogP contribution < -0.4 is 5.32 Å². The lowest BCUT2D eigenvalue weighted by atomic mass is 9.67. The highest BCUT2D eigenvalue weighted by molar-refractivity contribution is 4.95. The Labute approximate surface area is 82.7 Å². The van der Waals surface area contributed by atoms with Gasteiger partial charge in [-0.2, -0.15) is 0 Å². The van der Waals surface area contributed by atoms with Crippen molar-refractivity contribution in [3.8, 4) is 0 Å². The van der Waals surface area contributed by atoms with Gasteiger partial charge in [-0.25, -0.2) is 0 Å². The Morgan fingerprint density at radius 3 is 1.62 bits per heavy atom. The minimum atomic E-state index is -0.451. The smallest absolute Gasteiger partial charge is 0.102 e. The summed E-state index contributed by atoms with van der Waals surface area (Å²) in [6.45, 7) is 14.9. The molecule has 0 heterocycles. The van der Waals surface area contributed by atoms with E-state index in [4.69, 9.17) is 0 Å². The highest BCUT2D eigenvalue weighted by Crippen LogP contribution is 2.37. The monoisotopic (exact) mass is 187 g/mol. The van der Waals surface area contributed by atoms with Gasteiger partial charge in [0.2, 0.25) is 0 Å². The van der Waals surface area contributed by atoms with E-state index in [1.807, 2.05) is 0 Å². The Morgan fingerprint density at radius 2 is 1.38 bits per heavy atom. The topological polar surface area (TPSA) is 32.3 Å². The van der Waals surface area contributed by atoms with E-state index < -0.39 is 6.23 Å². The van der Waals surface area contributed by atoms with Gasteiger partial charge >= 0.3 is 0 Å². The number of hydrogen-bond donors (Lipinski definition) is 2.